The molecular weight excluding hydrogens is 286 g/mol. The van der Waals surface area contributed by atoms with Crippen LogP contribution < -0.4 is 10.1 Å². The number of ether oxygens (including phenoxy) is 2. The van der Waals surface area contributed by atoms with E-state index in [1.807, 2.05) is 6.92 Å². The number of pyridine rings is 1. The number of likely N-dealkylation sites (tertiary alicyclic amines) is 1. The van der Waals surface area contributed by atoms with Crippen molar-refractivity contribution in [1.29, 1.82) is 0 Å². The number of carbonyl (C=O) groups is 2. The third-order valence-corrected chi connectivity index (χ3v) is 4.07. The summed E-state index contributed by atoms with van der Waals surface area (Å²) in [7, 11) is 1.52. The fourth-order valence-electron chi connectivity index (χ4n) is 2.93. The predicted molar refractivity (Wildman–Crippen MR) is 77.7 cm³/mol. The average Bonchev–Trinajstić information content (AvgIpc) is 2.53. The number of methoxy groups -OCH3 is 1. The minimum atomic E-state index is -0.145. The molecule has 2 fully saturated rings. The summed E-state index contributed by atoms with van der Waals surface area (Å²) in [6, 6.07) is 1.58. The van der Waals surface area contributed by atoms with Gasteiger partial charge in [-0.3, -0.25) is 14.6 Å². The normalized spacial score (nSPS) is 24.5. The number of hydrogen-bond donors (Lipinski definition) is 1. The Balaban J connectivity index is 1.78. The van der Waals surface area contributed by atoms with E-state index >= 15 is 0 Å². The fraction of sp³-hybridized carbons (Fsp3) is 0.533. The molecule has 2 aliphatic rings. The first-order chi connectivity index (χ1) is 10.6. The molecule has 0 radical (unpaired) electrons. The summed E-state index contributed by atoms with van der Waals surface area (Å²) in [4.78, 5) is 30.1. The molecule has 0 aromatic carbocycles. The van der Waals surface area contributed by atoms with Gasteiger partial charge in [-0.1, -0.05) is 0 Å². The minimum Gasteiger partial charge on any atom is -0.494 e. The lowest BCUT2D eigenvalue weighted by Gasteiger charge is -2.41. The van der Waals surface area contributed by atoms with Crippen LogP contribution in [0.15, 0.2) is 12.3 Å². The van der Waals surface area contributed by atoms with Gasteiger partial charge in [0.05, 0.1) is 31.0 Å². The van der Waals surface area contributed by atoms with Gasteiger partial charge in [-0.25, -0.2) is 0 Å². The van der Waals surface area contributed by atoms with Crippen LogP contribution in [0, 0.1) is 6.92 Å². The number of piperidine rings is 1. The zero-order chi connectivity index (χ0) is 15.7. The maximum Gasteiger partial charge on any atom is 0.257 e. The number of hydrogen-bond acceptors (Lipinski definition) is 5. The first-order valence-electron chi connectivity index (χ1n) is 7.29. The molecule has 1 aromatic heterocycles. The number of fused-ring (bicyclic) bond motifs is 1. The number of morpholine rings is 1. The van der Waals surface area contributed by atoms with Gasteiger partial charge in [-0.05, 0) is 19.4 Å². The largest absolute Gasteiger partial charge is 0.494 e. The van der Waals surface area contributed by atoms with Crippen molar-refractivity contribution in [3.8, 4) is 5.75 Å². The van der Waals surface area contributed by atoms with Crippen LogP contribution in [-0.4, -0.2) is 60.7 Å². The lowest BCUT2D eigenvalue weighted by molar-refractivity contribution is -0.139. The number of rotatable bonds is 2. The van der Waals surface area contributed by atoms with Gasteiger partial charge in [0.2, 0.25) is 5.91 Å². The highest BCUT2D eigenvalue weighted by molar-refractivity contribution is 5.97. The molecule has 22 heavy (non-hydrogen) atoms. The van der Waals surface area contributed by atoms with E-state index in [2.05, 4.69) is 10.3 Å². The second-order valence-corrected chi connectivity index (χ2v) is 5.59. The predicted octanol–water partition coefficient (Wildman–Crippen LogP) is 0.128. The van der Waals surface area contributed by atoms with Crippen molar-refractivity contribution in [2.45, 2.75) is 25.5 Å². The monoisotopic (exact) mass is 305 g/mol. The number of nitrogens with one attached hydrogen (secondary N) is 1. The molecule has 0 unspecified atom stereocenters. The van der Waals surface area contributed by atoms with Gasteiger partial charge in [0.1, 0.15) is 12.4 Å². The van der Waals surface area contributed by atoms with E-state index in [-0.39, 0.29) is 30.6 Å². The van der Waals surface area contributed by atoms with Gasteiger partial charge < -0.3 is 19.7 Å². The van der Waals surface area contributed by atoms with Crippen molar-refractivity contribution >= 4 is 11.8 Å². The first-order valence-corrected chi connectivity index (χ1v) is 7.29. The van der Waals surface area contributed by atoms with Gasteiger partial charge >= 0.3 is 0 Å². The van der Waals surface area contributed by atoms with Crippen LogP contribution >= 0.6 is 0 Å². The Morgan fingerprint density at radius 2 is 2.36 bits per heavy atom. The Labute approximate surface area is 128 Å². The SMILES string of the molecule is COc1cnc(C)cc1C(=O)N1CC[C@H]2OCC(=O)N[C@H]2C1. The maximum atomic E-state index is 12.8. The molecule has 3 rings (SSSR count). The van der Waals surface area contributed by atoms with Crippen LogP contribution in [0.25, 0.3) is 0 Å². The Morgan fingerprint density at radius 1 is 1.55 bits per heavy atom. The molecule has 2 saturated heterocycles. The van der Waals surface area contributed by atoms with E-state index in [1.165, 1.54) is 7.11 Å². The highest BCUT2D eigenvalue weighted by atomic mass is 16.5. The minimum absolute atomic E-state index is 0.0113. The van der Waals surface area contributed by atoms with Crippen molar-refractivity contribution in [3.05, 3.63) is 23.5 Å². The molecule has 118 valence electrons. The second-order valence-electron chi connectivity index (χ2n) is 5.59. The Bertz CT molecular complexity index is 604. The second kappa shape index (κ2) is 5.92. The molecule has 0 saturated carbocycles. The lowest BCUT2D eigenvalue weighted by atomic mass is 9.99. The third kappa shape index (κ3) is 2.76. The fourth-order valence-corrected chi connectivity index (χ4v) is 2.93. The van der Waals surface area contributed by atoms with Crippen LogP contribution in [0.1, 0.15) is 22.5 Å². The number of carbonyl (C=O) groups excluding carboxylic acids is 2. The standard InChI is InChI=1S/C15H19N3O4/c1-9-5-10(13(21-2)6-16-9)15(20)18-4-3-12-11(7-18)17-14(19)8-22-12/h5-6,11-12H,3-4,7-8H2,1-2H3,(H,17,19)/t11-,12+/m0/s1. The average molecular weight is 305 g/mol. The molecule has 0 bridgehead atoms. The van der Waals surface area contributed by atoms with Gasteiger partial charge in [0.15, 0.2) is 0 Å². The zero-order valence-electron chi connectivity index (χ0n) is 12.7. The summed E-state index contributed by atoms with van der Waals surface area (Å²) in [5.41, 5.74) is 1.25. The van der Waals surface area contributed by atoms with Gasteiger partial charge in [-0.2, -0.15) is 0 Å². The molecule has 7 heteroatoms. The van der Waals surface area contributed by atoms with Crippen LogP contribution in [0.3, 0.4) is 0 Å². The van der Waals surface area contributed by atoms with Crippen molar-refractivity contribution < 1.29 is 19.1 Å². The van der Waals surface area contributed by atoms with Crippen molar-refractivity contribution in [1.82, 2.24) is 15.2 Å². The molecule has 0 spiro atoms. The molecule has 1 N–H and O–H groups in total. The highest BCUT2D eigenvalue weighted by Gasteiger charge is 2.37. The van der Waals surface area contributed by atoms with E-state index < -0.39 is 0 Å². The third-order valence-electron chi connectivity index (χ3n) is 4.07. The summed E-state index contributed by atoms with van der Waals surface area (Å²) < 4.78 is 10.7. The smallest absolute Gasteiger partial charge is 0.257 e. The Morgan fingerprint density at radius 3 is 3.14 bits per heavy atom. The Hall–Kier alpha value is -2.15. The molecule has 2 atom stereocenters. The van der Waals surface area contributed by atoms with Crippen molar-refractivity contribution in [2.24, 2.45) is 0 Å². The maximum absolute atomic E-state index is 12.8. The van der Waals surface area contributed by atoms with Gasteiger partial charge in [0.25, 0.3) is 5.91 Å². The highest BCUT2D eigenvalue weighted by Crippen LogP contribution is 2.23. The molecule has 3 heterocycles. The number of amides is 2. The molecule has 1 aromatic rings. The van der Waals surface area contributed by atoms with Crippen molar-refractivity contribution in [3.63, 3.8) is 0 Å². The van der Waals surface area contributed by atoms with Gasteiger partial charge in [-0.15, -0.1) is 0 Å². The topological polar surface area (TPSA) is 80.8 Å². The molecule has 0 aliphatic carbocycles. The zero-order valence-corrected chi connectivity index (χ0v) is 12.7. The summed E-state index contributed by atoms with van der Waals surface area (Å²) >= 11 is 0. The van der Waals surface area contributed by atoms with Crippen molar-refractivity contribution in [2.75, 3.05) is 26.8 Å². The summed E-state index contributed by atoms with van der Waals surface area (Å²) in [5, 5.41) is 2.89. The number of aryl methyl sites for hydroxylation is 1. The van der Waals surface area contributed by atoms with Crippen LogP contribution in [-0.2, 0) is 9.53 Å². The summed E-state index contributed by atoms with van der Waals surface area (Å²) in [6.07, 6.45) is 2.26. The van der Waals surface area contributed by atoms with E-state index in [9.17, 15) is 9.59 Å². The molecule has 2 aliphatic heterocycles. The lowest BCUT2D eigenvalue weighted by Crippen LogP contribution is -2.61. The van der Waals surface area contributed by atoms with E-state index in [0.29, 0.717) is 30.8 Å². The van der Waals surface area contributed by atoms with E-state index in [1.54, 1.807) is 17.2 Å². The molecule has 2 amide bonds. The van der Waals surface area contributed by atoms with Crippen LogP contribution in [0.2, 0.25) is 0 Å². The van der Waals surface area contributed by atoms with Crippen LogP contribution in [0.5, 0.6) is 5.75 Å². The van der Waals surface area contributed by atoms with Gasteiger partial charge in [0, 0.05) is 18.8 Å². The quantitative estimate of drug-likeness (QED) is 0.840. The van der Waals surface area contributed by atoms with Crippen LogP contribution in [0.4, 0.5) is 0 Å². The Kier molecular flexibility index (Phi) is 3.98. The van der Waals surface area contributed by atoms with E-state index in [4.69, 9.17) is 9.47 Å². The number of nitrogens with zero attached hydrogens (tertiary/aromatic N) is 2. The number of aromatic nitrogens is 1. The molecule has 7 nitrogen and oxygen atoms in total. The summed E-state index contributed by atoms with van der Waals surface area (Å²) in [5.74, 6) is 0.218. The summed E-state index contributed by atoms with van der Waals surface area (Å²) in [6.45, 7) is 2.98. The van der Waals surface area contributed by atoms with E-state index in [0.717, 1.165) is 5.69 Å². The first kappa shape index (κ1) is 14.8. The molecular formula is C15H19N3O4.